The lowest BCUT2D eigenvalue weighted by molar-refractivity contribution is 0.555. The second-order valence-electron chi connectivity index (χ2n) is 4.59. The molecule has 1 unspecified atom stereocenters. The van der Waals surface area contributed by atoms with Crippen molar-refractivity contribution in [3.05, 3.63) is 59.7 Å². The van der Waals surface area contributed by atoms with Crippen LogP contribution in [-0.4, -0.2) is 18.1 Å². The van der Waals surface area contributed by atoms with Crippen molar-refractivity contribution in [2.24, 2.45) is 0 Å². The number of pyridine rings is 1. The van der Waals surface area contributed by atoms with Crippen molar-refractivity contribution in [1.82, 2.24) is 10.3 Å². The number of aromatic nitrogens is 1. The van der Waals surface area contributed by atoms with E-state index in [9.17, 15) is 4.39 Å². The van der Waals surface area contributed by atoms with Crippen LogP contribution in [0, 0.1) is 5.82 Å². The third-order valence-electron chi connectivity index (χ3n) is 3.21. The van der Waals surface area contributed by atoms with Crippen molar-refractivity contribution in [3.63, 3.8) is 0 Å². The van der Waals surface area contributed by atoms with Crippen LogP contribution in [0.5, 0.6) is 0 Å². The number of halogens is 1. The van der Waals surface area contributed by atoms with Crippen molar-refractivity contribution in [1.29, 1.82) is 0 Å². The van der Waals surface area contributed by atoms with E-state index in [4.69, 9.17) is 5.73 Å². The minimum atomic E-state index is -0.207. The van der Waals surface area contributed by atoms with Gasteiger partial charge in [-0.1, -0.05) is 12.1 Å². The maximum atomic E-state index is 12.9. The lowest BCUT2D eigenvalue weighted by Crippen LogP contribution is -2.30. The Balaban J connectivity index is 2.05. The molecule has 0 saturated carbocycles. The molecular formula is C15H18FN3. The van der Waals surface area contributed by atoms with Crippen molar-refractivity contribution in [2.75, 3.05) is 12.8 Å². The molecule has 0 amide bonds. The molecular weight excluding hydrogens is 241 g/mol. The Morgan fingerprint density at radius 2 is 1.95 bits per heavy atom. The van der Waals surface area contributed by atoms with Crippen molar-refractivity contribution in [2.45, 2.75) is 18.9 Å². The smallest absolute Gasteiger partial charge is 0.123 e. The normalized spacial score (nSPS) is 12.3. The van der Waals surface area contributed by atoms with Crippen LogP contribution in [0.25, 0.3) is 0 Å². The van der Waals surface area contributed by atoms with Crippen LogP contribution in [0.15, 0.2) is 42.7 Å². The van der Waals surface area contributed by atoms with Crippen molar-refractivity contribution >= 4 is 5.69 Å². The third-order valence-corrected chi connectivity index (χ3v) is 3.21. The van der Waals surface area contributed by atoms with Gasteiger partial charge in [0.2, 0.25) is 0 Å². The zero-order valence-electron chi connectivity index (χ0n) is 10.9. The molecule has 0 aliphatic rings. The maximum Gasteiger partial charge on any atom is 0.123 e. The lowest BCUT2D eigenvalue weighted by Gasteiger charge is -2.17. The summed E-state index contributed by atoms with van der Waals surface area (Å²) < 4.78 is 12.9. The Morgan fingerprint density at radius 3 is 2.58 bits per heavy atom. The zero-order chi connectivity index (χ0) is 13.7. The third kappa shape index (κ3) is 3.76. The van der Waals surface area contributed by atoms with Gasteiger partial charge in [0.1, 0.15) is 5.82 Å². The maximum absolute atomic E-state index is 12.9. The van der Waals surface area contributed by atoms with Gasteiger partial charge < -0.3 is 11.1 Å². The van der Waals surface area contributed by atoms with Crippen LogP contribution < -0.4 is 11.1 Å². The first kappa shape index (κ1) is 13.5. The minimum Gasteiger partial charge on any atom is -0.398 e. The molecule has 0 bridgehead atoms. The predicted octanol–water partition coefficient (Wildman–Crippen LogP) is 2.18. The lowest BCUT2D eigenvalue weighted by atomic mass is 9.99. The molecule has 1 aromatic carbocycles. The van der Waals surface area contributed by atoms with E-state index in [1.807, 2.05) is 19.2 Å². The Kier molecular flexibility index (Phi) is 4.47. The van der Waals surface area contributed by atoms with Gasteiger partial charge in [-0.05, 0) is 49.2 Å². The molecule has 1 atom stereocenters. The van der Waals surface area contributed by atoms with Gasteiger partial charge in [-0.25, -0.2) is 4.39 Å². The summed E-state index contributed by atoms with van der Waals surface area (Å²) in [5, 5.41) is 3.26. The monoisotopic (exact) mass is 259 g/mol. The number of nitrogen functional groups attached to an aromatic ring is 1. The van der Waals surface area contributed by atoms with Gasteiger partial charge in [-0.15, -0.1) is 0 Å². The Hall–Kier alpha value is -1.94. The van der Waals surface area contributed by atoms with E-state index in [0.29, 0.717) is 0 Å². The van der Waals surface area contributed by atoms with E-state index >= 15 is 0 Å². The fourth-order valence-electron chi connectivity index (χ4n) is 2.06. The number of nitrogens with zero attached hydrogens (tertiary/aromatic N) is 1. The SMILES string of the molecule is CNC(Cc1ccc(F)cc1)Cc1cnccc1N. The first-order valence-corrected chi connectivity index (χ1v) is 6.29. The van der Waals surface area contributed by atoms with E-state index < -0.39 is 0 Å². The number of benzene rings is 1. The molecule has 2 rings (SSSR count). The molecule has 1 heterocycles. The number of rotatable bonds is 5. The number of hydrogen-bond donors (Lipinski definition) is 2. The highest BCUT2D eigenvalue weighted by atomic mass is 19.1. The molecule has 100 valence electrons. The molecule has 0 saturated heterocycles. The molecule has 0 spiro atoms. The number of anilines is 1. The Morgan fingerprint density at radius 1 is 1.21 bits per heavy atom. The fourth-order valence-corrected chi connectivity index (χ4v) is 2.06. The van der Waals surface area contributed by atoms with Gasteiger partial charge >= 0.3 is 0 Å². The van der Waals surface area contributed by atoms with Gasteiger partial charge in [-0.2, -0.15) is 0 Å². The van der Waals surface area contributed by atoms with Crippen LogP contribution in [0.3, 0.4) is 0 Å². The summed E-state index contributed by atoms with van der Waals surface area (Å²) in [6.45, 7) is 0. The summed E-state index contributed by atoms with van der Waals surface area (Å²) in [5.74, 6) is -0.207. The van der Waals surface area contributed by atoms with Crippen LogP contribution in [0.2, 0.25) is 0 Å². The molecule has 0 radical (unpaired) electrons. The standard InChI is InChI=1S/C15H18FN3/c1-18-14(8-11-2-4-13(16)5-3-11)9-12-10-19-7-6-15(12)17/h2-7,10,14,18H,8-9H2,1H3,(H2,17,19). The molecule has 3 nitrogen and oxygen atoms in total. The van der Waals surface area contributed by atoms with Gasteiger partial charge in [-0.3, -0.25) is 4.98 Å². The van der Waals surface area contributed by atoms with E-state index in [-0.39, 0.29) is 11.9 Å². The van der Waals surface area contributed by atoms with Crippen LogP contribution in [0.1, 0.15) is 11.1 Å². The van der Waals surface area contributed by atoms with Gasteiger partial charge in [0.25, 0.3) is 0 Å². The molecule has 2 aromatic rings. The second kappa shape index (κ2) is 6.29. The first-order chi connectivity index (χ1) is 9.19. The molecule has 4 heteroatoms. The summed E-state index contributed by atoms with van der Waals surface area (Å²) in [6, 6.07) is 8.65. The first-order valence-electron chi connectivity index (χ1n) is 6.29. The summed E-state index contributed by atoms with van der Waals surface area (Å²) in [7, 11) is 1.92. The van der Waals surface area contributed by atoms with Gasteiger partial charge in [0, 0.05) is 24.1 Å². The Bertz CT molecular complexity index is 525. The molecule has 0 fully saturated rings. The minimum absolute atomic E-state index is 0.207. The Labute approximate surface area is 112 Å². The highest BCUT2D eigenvalue weighted by molar-refractivity contribution is 5.44. The van der Waals surface area contributed by atoms with E-state index in [1.54, 1.807) is 18.5 Å². The summed E-state index contributed by atoms with van der Waals surface area (Å²) >= 11 is 0. The van der Waals surface area contributed by atoms with Crippen LogP contribution in [-0.2, 0) is 12.8 Å². The average molecular weight is 259 g/mol. The van der Waals surface area contributed by atoms with E-state index in [0.717, 1.165) is 29.7 Å². The fraction of sp³-hybridized carbons (Fsp3) is 0.267. The quantitative estimate of drug-likeness (QED) is 0.865. The predicted molar refractivity (Wildman–Crippen MR) is 75.3 cm³/mol. The molecule has 19 heavy (non-hydrogen) atoms. The largest absolute Gasteiger partial charge is 0.398 e. The topological polar surface area (TPSA) is 50.9 Å². The molecule has 1 aromatic heterocycles. The average Bonchev–Trinajstić information content (AvgIpc) is 2.43. The highest BCUT2D eigenvalue weighted by Crippen LogP contribution is 2.14. The van der Waals surface area contributed by atoms with E-state index in [2.05, 4.69) is 10.3 Å². The van der Waals surface area contributed by atoms with E-state index in [1.165, 1.54) is 12.1 Å². The summed E-state index contributed by atoms with van der Waals surface area (Å²) in [4.78, 5) is 4.09. The summed E-state index contributed by atoms with van der Waals surface area (Å²) in [6.07, 6.45) is 5.11. The molecule has 0 aliphatic heterocycles. The van der Waals surface area contributed by atoms with Crippen molar-refractivity contribution in [3.8, 4) is 0 Å². The molecule has 3 N–H and O–H groups in total. The molecule has 0 aliphatic carbocycles. The number of nitrogens with two attached hydrogens (primary N) is 1. The number of likely N-dealkylation sites (N-methyl/N-ethyl adjacent to an activating group) is 1. The highest BCUT2D eigenvalue weighted by Gasteiger charge is 2.10. The van der Waals surface area contributed by atoms with Crippen LogP contribution >= 0.6 is 0 Å². The van der Waals surface area contributed by atoms with Gasteiger partial charge in [0.15, 0.2) is 0 Å². The number of hydrogen-bond acceptors (Lipinski definition) is 3. The second-order valence-corrected chi connectivity index (χ2v) is 4.59. The van der Waals surface area contributed by atoms with Crippen LogP contribution in [0.4, 0.5) is 10.1 Å². The summed E-state index contributed by atoms with van der Waals surface area (Å²) in [5.41, 5.74) is 8.81. The van der Waals surface area contributed by atoms with Crippen molar-refractivity contribution < 1.29 is 4.39 Å². The zero-order valence-corrected chi connectivity index (χ0v) is 10.9. The number of nitrogens with one attached hydrogen (secondary N) is 1. The van der Waals surface area contributed by atoms with Gasteiger partial charge in [0.05, 0.1) is 0 Å².